The van der Waals surface area contributed by atoms with E-state index in [1.54, 1.807) is 13.8 Å². The summed E-state index contributed by atoms with van der Waals surface area (Å²) >= 11 is 0. The quantitative estimate of drug-likeness (QED) is 0.355. The van der Waals surface area contributed by atoms with Gasteiger partial charge >= 0.3 is 0 Å². The molecule has 16 heavy (non-hydrogen) atoms. The molecule has 2 aliphatic heterocycles. The molecule has 3 N–H and O–H groups in total. The highest BCUT2D eigenvalue weighted by Gasteiger charge is 2.57. The van der Waals surface area contributed by atoms with Gasteiger partial charge in [0.25, 0.3) is 5.91 Å². The van der Waals surface area contributed by atoms with E-state index in [0.717, 1.165) is 0 Å². The van der Waals surface area contributed by atoms with Gasteiger partial charge in [-0.3, -0.25) is 10.2 Å². The molecule has 7 heteroatoms. The third kappa shape index (κ3) is 1.80. The van der Waals surface area contributed by atoms with Gasteiger partial charge in [0.15, 0.2) is 18.2 Å². The number of amides is 1. The van der Waals surface area contributed by atoms with Crippen molar-refractivity contribution in [2.45, 2.75) is 44.2 Å². The number of hydrazine groups is 1. The highest BCUT2D eigenvalue weighted by molar-refractivity contribution is 5.81. The van der Waals surface area contributed by atoms with Crippen molar-refractivity contribution < 1.29 is 23.7 Å². The molecule has 2 fully saturated rings. The van der Waals surface area contributed by atoms with Crippen LogP contribution in [0.1, 0.15) is 13.8 Å². The number of hydrogen-bond donors (Lipinski definition) is 2. The molecular weight excluding hydrogens is 216 g/mol. The molecule has 0 aromatic carbocycles. The molecule has 2 rings (SSSR count). The fourth-order valence-corrected chi connectivity index (χ4v) is 2.04. The molecule has 2 heterocycles. The number of nitrogens with one attached hydrogen (secondary N) is 1. The van der Waals surface area contributed by atoms with Crippen LogP contribution < -0.4 is 11.3 Å². The predicted octanol–water partition coefficient (Wildman–Crippen LogP) is -1.13. The van der Waals surface area contributed by atoms with Gasteiger partial charge in [-0.2, -0.15) is 0 Å². The highest BCUT2D eigenvalue weighted by atomic mass is 16.8. The van der Waals surface area contributed by atoms with Crippen LogP contribution in [-0.4, -0.2) is 43.4 Å². The lowest BCUT2D eigenvalue weighted by Crippen LogP contribution is -2.45. The lowest BCUT2D eigenvalue weighted by atomic mass is 10.1. The molecule has 0 bridgehead atoms. The second-order valence-corrected chi connectivity index (χ2v) is 4.23. The average Bonchev–Trinajstić information content (AvgIpc) is 2.69. The lowest BCUT2D eigenvalue weighted by molar-refractivity contribution is -0.225. The molecule has 0 aromatic rings. The molecule has 1 amide bonds. The summed E-state index contributed by atoms with van der Waals surface area (Å²) in [7, 11) is 1.49. The Balaban J connectivity index is 2.17. The van der Waals surface area contributed by atoms with Gasteiger partial charge < -0.3 is 18.9 Å². The molecule has 2 aliphatic rings. The van der Waals surface area contributed by atoms with Crippen molar-refractivity contribution in [3.63, 3.8) is 0 Å². The lowest BCUT2D eigenvalue weighted by Gasteiger charge is -2.22. The number of hydrogen-bond acceptors (Lipinski definition) is 6. The van der Waals surface area contributed by atoms with Crippen molar-refractivity contribution in [1.82, 2.24) is 5.43 Å². The van der Waals surface area contributed by atoms with Crippen molar-refractivity contribution in [3.05, 3.63) is 0 Å². The molecule has 0 aliphatic carbocycles. The molecule has 92 valence electrons. The fraction of sp³-hybridized carbons (Fsp3) is 0.889. The SMILES string of the molecule is COC1OC(C(=O)NN)C2OC(C)(C)OC12. The molecule has 2 saturated heterocycles. The van der Waals surface area contributed by atoms with E-state index in [-0.39, 0.29) is 0 Å². The molecule has 0 spiro atoms. The van der Waals surface area contributed by atoms with Gasteiger partial charge in [0, 0.05) is 7.11 Å². The maximum atomic E-state index is 11.5. The second kappa shape index (κ2) is 3.94. The minimum Gasteiger partial charge on any atom is -0.353 e. The van der Waals surface area contributed by atoms with Gasteiger partial charge in [-0.1, -0.05) is 0 Å². The topological polar surface area (TPSA) is 92.0 Å². The summed E-state index contributed by atoms with van der Waals surface area (Å²) in [5.74, 6) is 3.88. The Hall–Kier alpha value is -0.730. The minimum atomic E-state index is -0.804. The fourth-order valence-electron chi connectivity index (χ4n) is 2.04. The third-order valence-electron chi connectivity index (χ3n) is 2.64. The van der Waals surface area contributed by atoms with Crippen LogP contribution in [0.15, 0.2) is 0 Å². The van der Waals surface area contributed by atoms with Gasteiger partial charge in [-0.05, 0) is 13.8 Å². The summed E-state index contributed by atoms with van der Waals surface area (Å²) in [5.41, 5.74) is 2.04. The molecule has 7 nitrogen and oxygen atoms in total. The molecule has 0 radical (unpaired) electrons. The van der Waals surface area contributed by atoms with Crippen LogP contribution in [0.4, 0.5) is 0 Å². The maximum Gasteiger partial charge on any atom is 0.265 e. The number of fused-ring (bicyclic) bond motifs is 1. The van der Waals surface area contributed by atoms with E-state index in [0.29, 0.717) is 0 Å². The first-order chi connectivity index (χ1) is 7.48. The van der Waals surface area contributed by atoms with Gasteiger partial charge in [0.1, 0.15) is 12.2 Å². The zero-order chi connectivity index (χ0) is 11.9. The first-order valence-corrected chi connectivity index (χ1v) is 5.03. The van der Waals surface area contributed by atoms with E-state index in [1.807, 2.05) is 5.43 Å². The van der Waals surface area contributed by atoms with Crippen LogP contribution in [0, 0.1) is 0 Å². The van der Waals surface area contributed by atoms with Crippen LogP contribution in [0.3, 0.4) is 0 Å². The predicted molar refractivity (Wildman–Crippen MR) is 51.8 cm³/mol. The summed E-state index contributed by atoms with van der Waals surface area (Å²) < 4.78 is 21.7. The third-order valence-corrected chi connectivity index (χ3v) is 2.64. The van der Waals surface area contributed by atoms with E-state index < -0.39 is 36.3 Å². The zero-order valence-corrected chi connectivity index (χ0v) is 9.43. The van der Waals surface area contributed by atoms with Gasteiger partial charge in [-0.25, -0.2) is 5.84 Å². The number of rotatable bonds is 2. The van der Waals surface area contributed by atoms with Gasteiger partial charge in [0.05, 0.1) is 0 Å². The molecule has 0 aromatic heterocycles. The van der Waals surface area contributed by atoms with E-state index in [4.69, 9.17) is 24.8 Å². The summed E-state index contributed by atoms with van der Waals surface area (Å²) in [5, 5.41) is 0. The Kier molecular flexibility index (Phi) is 2.89. The second-order valence-electron chi connectivity index (χ2n) is 4.23. The first kappa shape index (κ1) is 11.7. The molecule has 0 saturated carbocycles. The average molecular weight is 232 g/mol. The van der Waals surface area contributed by atoms with Crippen LogP contribution in [0.5, 0.6) is 0 Å². The Labute approximate surface area is 93.1 Å². The summed E-state index contributed by atoms with van der Waals surface area (Å²) in [6.45, 7) is 3.55. The Morgan fingerprint density at radius 2 is 2.00 bits per heavy atom. The van der Waals surface area contributed by atoms with Gasteiger partial charge in [-0.15, -0.1) is 0 Å². The van der Waals surface area contributed by atoms with Gasteiger partial charge in [0.2, 0.25) is 0 Å². The summed E-state index contributed by atoms with van der Waals surface area (Å²) in [6, 6.07) is 0. The van der Waals surface area contributed by atoms with Crippen molar-refractivity contribution in [2.75, 3.05) is 7.11 Å². The normalized spacial score (nSPS) is 40.8. The maximum absolute atomic E-state index is 11.5. The first-order valence-electron chi connectivity index (χ1n) is 5.03. The summed E-state index contributed by atoms with van der Waals surface area (Å²) in [6.07, 6.45) is -2.33. The number of carbonyl (C=O) groups excluding carboxylic acids is 1. The molecule has 4 unspecified atom stereocenters. The number of nitrogens with two attached hydrogens (primary N) is 1. The Morgan fingerprint density at radius 1 is 1.38 bits per heavy atom. The van der Waals surface area contributed by atoms with Crippen LogP contribution in [-0.2, 0) is 23.7 Å². The van der Waals surface area contributed by atoms with E-state index >= 15 is 0 Å². The zero-order valence-electron chi connectivity index (χ0n) is 9.43. The van der Waals surface area contributed by atoms with Crippen molar-refractivity contribution in [3.8, 4) is 0 Å². The van der Waals surface area contributed by atoms with E-state index in [2.05, 4.69) is 0 Å². The van der Waals surface area contributed by atoms with Crippen LogP contribution >= 0.6 is 0 Å². The summed E-state index contributed by atoms with van der Waals surface area (Å²) in [4.78, 5) is 11.5. The Morgan fingerprint density at radius 3 is 2.56 bits per heavy atom. The number of methoxy groups -OCH3 is 1. The van der Waals surface area contributed by atoms with Crippen LogP contribution in [0.2, 0.25) is 0 Å². The standard InChI is InChI=1S/C9H16N2O5/c1-9(2)15-4-5(7(12)11-10)14-8(13-3)6(4)16-9/h4-6,8H,10H2,1-3H3,(H,11,12). The highest BCUT2D eigenvalue weighted by Crippen LogP contribution is 2.38. The van der Waals surface area contributed by atoms with Crippen molar-refractivity contribution in [2.24, 2.45) is 5.84 Å². The van der Waals surface area contributed by atoms with E-state index in [9.17, 15) is 4.79 Å². The number of ether oxygens (including phenoxy) is 4. The molecular formula is C9H16N2O5. The minimum absolute atomic E-state index is 0.415. The Bertz CT molecular complexity index is 296. The smallest absolute Gasteiger partial charge is 0.265 e. The van der Waals surface area contributed by atoms with Crippen molar-refractivity contribution in [1.29, 1.82) is 0 Å². The molecule has 4 atom stereocenters. The monoisotopic (exact) mass is 232 g/mol. The van der Waals surface area contributed by atoms with Crippen molar-refractivity contribution >= 4 is 5.91 Å². The largest absolute Gasteiger partial charge is 0.353 e. The van der Waals surface area contributed by atoms with Crippen LogP contribution in [0.25, 0.3) is 0 Å². The number of carbonyl (C=O) groups is 1. The van der Waals surface area contributed by atoms with E-state index in [1.165, 1.54) is 7.11 Å².